The Kier molecular flexibility index (Phi) is 2.40. The summed E-state index contributed by atoms with van der Waals surface area (Å²) in [5.41, 5.74) is 0. The van der Waals surface area contributed by atoms with Gasteiger partial charge in [-0.1, -0.05) is 15.9 Å². The van der Waals surface area contributed by atoms with Crippen molar-refractivity contribution in [3.63, 3.8) is 0 Å². The summed E-state index contributed by atoms with van der Waals surface area (Å²) in [6, 6.07) is 0. The Balaban J connectivity index is 2.83. The van der Waals surface area contributed by atoms with Crippen molar-refractivity contribution in [1.29, 1.82) is 0 Å². The van der Waals surface area contributed by atoms with Gasteiger partial charge in [0.05, 0.1) is 3.58 Å². The van der Waals surface area contributed by atoms with E-state index in [1.165, 1.54) is 0 Å². The first kappa shape index (κ1) is 7.40. The third-order valence-corrected chi connectivity index (χ3v) is 2.27. The summed E-state index contributed by atoms with van der Waals surface area (Å²) in [6.45, 7) is 0.679. The van der Waals surface area contributed by atoms with Gasteiger partial charge in [-0.15, -0.1) is 0 Å². The summed E-state index contributed by atoms with van der Waals surface area (Å²) in [5.74, 6) is 0.263. The van der Waals surface area contributed by atoms with Gasteiger partial charge < -0.3 is 10.4 Å². The molecule has 0 saturated heterocycles. The summed E-state index contributed by atoms with van der Waals surface area (Å²) in [7, 11) is 0. The van der Waals surface area contributed by atoms with Crippen LogP contribution in [0, 0.1) is 0 Å². The van der Waals surface area contributed by atoms with Crippen molar-refractivity contribution in [2.75, 3.05) is 6.54 Å². The number of rotatable bonds is 0. The zero-order valence-corrected chi connectivity index (χ0v) is 8.23. The van der Waals surface area contributed by atoms with E-state index in [1.54, 1.807) is 0 Å². The number of nitrogens with one attached hydrogen (secondary N) is 1. The van der Waals surface area contributed by atoms with Crippen LogP contribution in [0.2, 0.25) is 0 Å². The molecule has 4 heteroatoms. The van der Waals surface area contributed by atoms with E-state index in [0.29, 0.717) is 6.54 Å². The molecule has 0 bridgehead atoms. The monoisotopic (exact) mass is 301 g/mol. The Morgan fingerprint density at radius 3 is 2.89 bits per heavy atom. The van der Waals surface area contributed by atoms with Gasteiger partial charge in [0.1, 0.15) is 0 Å². The highest BCUT2D eigenvalue weighted by molar-refractivity contribution is 14.1. The number of hydrogen-bond donors (Lipinski definition) is 2. The van der Waals surface area contributed by atoms with Crippen molar-refractivity contribution in [2.45, 2.75) is 0 Å². The Morgan fingerprint density at radius 2 is 2.44 bits per heavy atom. The van der Waals surface area contributed by atoms with Crippen molar-refractivity contribution < 1.29 is 5.11 Å². The van der Waals surface area contributed by atoms with Crippen LogP contribution in [0.15, 0.2) is 20.0 Å². The minimum Gasteiger partial charge on any atom is -0.494 e. The number of hydrogen-bond acceptors (Lipinski definition) is 2. The standard InChI is InChI=1S/C5H5BrINO/c6-3-1-4(7)5(9)8-2-3/h1,8-9H,2H2. The van der Waals surface area contributed by atoms with Gasteiger partial charge in [-0.2, -0.15) is 0 Å². The van der Waals surface area contributed by atoms with E-state index in [0.717, 1.165) is 8.06 Å². The van der Waals surface area contributed by atoms with Gasteiger partial charge in [0.15, 0.2) is 5.88 Å². The van der Waals surface area contributed by atoms with Crippen molar-refractivity contribution in [3.05, 3.63) is 20.0 Å². The molecule has 0 radical (unpaired) electrons. The quantitative estimate of drug-likeness (QED) is 0.671. The highest BCUT2D eigenvalue weighted by atomic mass is 127. The van der Waals surface area contributed by atoms with Gasteiger partial charge in [-0.05, 0) is 28.7 Å². The SMILES string of the molecule is OC1=C(I)C=C(Br)CN1. The molecule has 0 aromatic rings. The first-order valence-electron chi connectivity index (χ1n) is 2.39. The molecule has 0 saturated carbocycles. The largest absolute Gasteiger partial charge is 0.494 e. The van der Waals surface area contributed by atoms with Gasteiger partial charge >= 0.3 is 0 Å². The fraction of sp³-hybridized carbons (Fsp3) is 0.200. The van der Waals surface area contributed by atoms with E-state index in [9.17, 15) is 0 Å². The van der Waals surface area contributed by atoms with Crippen LogP contribution < -0.4 is 5.32 Å². The van der Waals surface area contributed by atoms with Crippen LogP contribution in [0.3, 0.4) is 0 Å². The molecule has 1 aliphatic heterocycles. The first-order valence-corrected chi connectivity index (χ1v) is 4.26. The molecule has 0 atom stereocenters. The second-order valence-electron chi connectivity index (χ2n) is 1.64. The molecule has 0 aromatic heterocycles. The Hall–Kier alpha value is 0.290. The van der Waals surface area contributed by atoms with Crippen LogP contribution in [0.1, 0.15) is 0 Å². The van der Waals surface area contributed by atoms with Crippen LogP contribution in [-0.2, 0) is 0 Å². The smallest absolute Gasteiger partial charge is 0.198 e. The molecule has 0 aromatic carbocycles. The Labute approximate surface area is 75.3 Å². The van der Waals surface area contributed by atoms with Gasteiger partial charge in [0.25, 0.3) is 0 Å². The number of aliphatic hydroxyl groups is 1. The van der Waals surface area contributed by atoms with E-state index in [4.69, 9.17) is 5.11 Å². The fourth-order valence-corrected chi connectivity index (χ4v) is 1.87. The number of halogens is 2. The molecule has 0 fully saturated rings. The van der Waals surface area contributed by atoms with Crippen LogP contribution >= 0.6 is 38.5 Å². The lowest BCUT2D eigenvalue weighted by molar-refractivity contribution is 0.367. The predicted octanol–water partition coefficient (Wildman–Crippen LogP) is 2.03. The number of aliphatic hydroxyl groups excluding tert-OH is 1. The van der Waals surface area contributed by atoms with Crippen molar-refractivity contribution >= 4 is 38.5 Å². The van der Waals surface area contributed by atoms with Gasteiger partial charge in [-0.3, -0.25) is 0 Å². The predicted molar refractivity (Wildman–Crippen MR) is 48.7 cm³/mol. The highest BCUT2D eigenvalue weighted by Gasteiger charge is 2.05. The molecule has 2 nitrogen and oxygen atoms in total. The third kappa shape index (κ3) is 1.86. The van der Waals surface area contributed by atoms with Crippen molar-refractivity contribution in [2.24, 2.45) is 0 Å². The number of allylic oxidation sites excluding steroid dienone is 2. The normalized spacial score (nSPS) is 19.1. The summed E-state index contributed by atoms with van der Waals surface area (Å²) >= 11 is 5.36. The lowest BCUT2D eigenvalue weighted by Crippen LogP contribution is -2.18. The first-order chi connectivity index (χ1) is 4.20. The van der Waals surface area contributed by atoms with Crippen LogP contribution in [0.25, 0.3) is 0 Å². The molecule has 1 heterocycles. The molecule has 9 heavy (non-hydrogen) atoms. The van der Waals surface area contributed by atoms with Gasteiger partial charge in [0, 0.05) is 11.0 Å². The van der Waals surface area contributed by atoms with Crippen LogP contribution in [-0.4, -0.2) is 11.7 Å². The lowest BCUT2D eigenvalue weighted by atomic mass is 10.4. The average molecular weight is 302 g/mol. The maximum absolute atomic E-state index is 8.99. The highest BCUT2D eigenvalue weighted by Crippen LogP contribution is 2.20. The van der Waals surface area contributed by atoms with E-state index in [1.807, 2.05) is 6.08 Å². The molecule has 2 N–H and O–H groups in total. The summed E-state index contributed by atoms with van der Waals surface area (Å²) in [6.07, 6.45) is 1.88. The molecule has 0 aliphatic carbocycles. The average Bonchev–Trinajstić information content (AvgIpc) is 1.80. The molecular formula is C5H5BrINO. The minimum absolute atomic E-state index is 0.263. The molecule has 0 spiro atoms. The van der Waals surface area contributed by atoms with E-state index in [2.05, 4.69) is 43.8 Å². The van der Waals surface area contributed by atoms with Gasteiger partial charge in [-0.25, -0.2) is 0 Å². The Morgan fingerprint density at radius 1 is 1.78 bits per heavy atom. The maximum atomic E-state index is 8.99. The fourth-order valence-electron chi connectivity index (χ4n) is 0.509. The second kappa shape index (κ2) is 2.92. The molecule has 0 amide bonds. The zero-order valence-electron chi connectivity index (χ0n) is 4.49. The lowest BCUT2D eigenvalue weighted by Gasteiger charge is -2.10. The molecule has 1 aliphatic rings. The topological polar surface area (TPSA) is 32.3 Å². The minimum atomic E-state index is 0.263. The summed E-state index contributed by atoms with van der Waals surface area (Å²) < 4.78 is 1.90. The Bertz CT molecular complexity index is 187. The van der Waals surface area contributed by atoms with E-state index in [-0.39, 0.29) is 5.88 Å². The second-order valence-corrected chi connectivity index (χ2v) is 3.82. The molecule has 1 rings (SSSR count). The molecule has 0 unspecified atom stereocenters. The molecule has 50 valence electrons. The van der Waals surface area contributed by atoms with Crippen LogP contribution in [0.5, 0.6) is 0 Å². The van der Waals surface area contributed by atoms with E-state index >= 15 is 0 Å². The van der Waals surface area contributed by atoms with Gasteiger partial charge in [0.2, 0.25) is 0 Å². The van der Waals surface area contributed by atoms with E-state index < -0.39 is 0 Å². The van der Waals surface area contributed by atoms with Crippen molar-refractivity contribution in [1.82, 2.24) is 5.32 Å². The zero-order chi connectivity index (χ0) is 6.85. The third-order valence-electron chi connectivity index (χ3n) is 0.934. The number of dihydropyridines is 1. The van der Waals surface area contributed by atoms with Crippen LogP contribution in [0.4, 0.5) is 0 Å². The maximum Gasteiger partial charge on any atom is 0.198 e. The molecular weight excluding hydrogens is 297 g/mol. The van der Waals surface area contributed by atoms with Crippen molar-refractivity contribution in [3.8, 4) is 0 Å². The summed E-state index contributed by atoms with van der Waals surface area (Å²) in [4.78, 5) is 0. The summed E-state index contributed by atoms with van der Waals surface area (Å²) in [5, 5.41) is 11.8.